The van der Waals surface area contributed by atoms with Gasteiger partial charge in [0, 0.05) is 11.4 Å². The average molecular weight is 365 g/mol. The van der Waals surface area contributed by atoms with Crippen molar-refractivity contribution in [2.45, 2.75) is 32.9 Å². The van der Waals surface area contributed by atoms with E-state index in [4.69, 9.17) is 12.2 Å². The maximum Gasteiger partial charge on any atom is 0.416 e. The van der Waals surface area contributed by atoms with E-state index in [0.717, 1.165) is 18.2 Å². The Labute approximate surface area is 151 Å². The van der Waals surface area contributed by atoms with Crippen LogP contribution in [0.2, 0.25) is 0 Å². The van der Waals surface area contributed by atoms with E-state index in [0.29, 0.717) is 23.6 Å². The first kappa shape index (κ1) is 19.2. The van der Waals surface area contributed by atoms with Gasteiger partial charge < -0.3 is 10.6 Å². The summed E-state index contributed by atoms with van der Waals surface area (Å²) in [6.45, 7) is 4.04. The van der Waals surface area contributed by atoms with Crippen LogP contribution in [-0.4, -0.2) is 5.11 Å². The molecule has 2 nitrogen and oxygen atoms in total. The molecular weight excluding hydrogens is 345 g/mol. The number of anilines is 2. The Morgan fingerprint density at radius 2 is 1.76 bits per heavy atom. The Kier molecular flexibility index (Phi) is 6.42. The largest absolute Gasteiger partial charge is 0.416 e. The van der Waals surface area contributed by atoms with Crippen molar-refractivity contribution in [3.05, 3.63) is 59.7 Å². The van der Waals surface area contributed by atoms with Gasteiger partial charge in [0.2, 0.25) is 0 Å². The molecule has 1 unspecified atom stereocenters. The minimum absolute atomic E-state index is 0.236. The highest BCUT2D eigenvalue weighted by Gasteiger charge is 2.31. The van der Waals surface area contributed by atoms with Crippen LogP contribution in [0.3, 0.4) is 0 Å². The summed E-state index contributed by atoms with van der Waals surface area (Å²) >= 11 is 5.19. The summed E-state index contributed by atoms with van der Waals surface area (Å²) in [4.78, 5) is 0. The van der Waals surface area contributed by atoms with E-state index in [2.05, 4.69) is 16.7 Å². The highest BCUT2D eigenvalue weighted by Crippen LogP contribution is 2.32. The van der Waals surface area contributed by atoms with E-state index >= 15 is 0 Å². The molecule has 0 bridgehead atoms. The predicted octanol–water partition coefficient (Wildman–Crippen LogP) is 5.90. The number of hydrogen-bond donors (Lipinski definition) is 2. The summed E-state index contributed by atoms with van der Waals surface area (Å²) in [6.07, 6.45) is -2.90. The zero-order valence-corrected chi connectivity index (χ0v) is 14.9. The van der Waals surface area contributed by atoms with Crippen molar-refractivity contribution in [3.63, 3.8) is 0 Å². The maximum atomic E-state index is 13.2. The van der Waals surface area contributed by atoms with Gasteiger partial charge in [0.15, 0.2) is 5.11 Å². The van der Waals surface area contributed by atoms with Crippen molar-refractivity contribution < 1.29 is 13.2 Å². The topological polar surface area (TPSA) is 24.1 Å². The molecule has 133 valence electrons. The van der Waals surface area contributed by atoms with Gasteiger partial charge in [-0.3, -0.25) is 0 Å². The third kappa shape index (κ3) is 6.05. The first-order chi connectivity index (χ1) is 11.8. The Bertz CT molecular complexity index is 714. The molecule has 0 aromatic heterocycles. The van der Waals surface area contributed by atoms with E-state index in [1.807, 2.05) is 13.8 Å². The number of thiocarbonyl (C=S) groups is 1. The fourth-order valence-electron chi connectivity index (χ4n) is 2.36. The Morgan fingerprint density at radius 3 is 2.36 bits per heavy atom. The summed E-state index contributed by atoms with van der Waals surface area (Å²) in [5.74, 6) is 0.307. The minimum atomic E-state index is -4.40. The first-order valence-electron chi connectivity index (χ1n) is 8.03. The molecule has 0 saturated carbocycles. The zero-order chi connectivity index (χ0) is 18.4. The van der Waals surface area contributed by atoms with Crippen molar-refractivity contribution in [1.29, 1.82) is 0 Å². The molecule has 6 heteroatoms. The first-order valence-corrected chi connectivity index (χ1v) is 8.44. The number of alkyl halides is 3. The van der Waals surface area contributed by atoms with Crippen molar-refractivity contribution in [1.82, 2.24) is 0 Å². The van der Waals surface area contributed by atoms with Crippen LogP contribution in [0.25, 0.3) is 0 Å². The smallest absolute Gasteiger partial charge is 0.332 e. The summed E-state index contributed by atoms with van der Waals surface area (Å²) < 4.78 is 39.5. The van der Waals surface area contributed by atoms with Crippen LogP contribution < -0.4 is 10.6 Å². The van der Waals surface area contributed by atoms with Gasteiger partial charge in [-0.1, -0.05) is 32.4 Å². The molecule has 0 amide bonds. The summed E-state index contributed by atoms with van der Waals surface area (Å²) in [7, 11) is 0. The molecule has 0 heterocycles. The lowest BCUT2D eigenvalue weighted by Gasteiger charge is -2.16. The molecule has 0 aliphatic rings. The van der Waals surface area contributed by atoms with Crippen LogP contribution in [0.4, 0.5) is 24.5 Å². The molecule has 0 aliphatic carbocycles. The number of benzene rings is 2. The molecule has 2 aromatic carbocycles. The molecule has 1 radical (unpaired) electrons. The lowest BCUT2D eigenvalue weighted by Crippen LogP contribution is -2.19. The van der Waals surface area contributed by atoms with Crippen molar-refractivity contribution >= 4 is 28.7 Å². The number of hydrogen-bond acceptors (Lipinski definition) is 1. The fraction of sp³-hybridized carbons (Fsp3) is 0.316. The van der Waals surface area contributed by atoms with E-state index in [1.165, 1.54) is 6.07 Å². The third-order valence-corrected chi connectivity index (χ3v) is 4.04. The quantitative estimate of drug-likeness (QED) is 0.645. The Morgan fingerprint density at radius 1 is 1.12 bits per heavy atom. The van der Waals surface area contributed by atoms with Gasteiger partial charge in [-0.25, -0.2) is 0 Å². The molecule has 25 heavy (non-hydrogen) atoms. The Balaban J connectivity index is 2.20. The van der Waals surface area contributed by atoms with Gasteiger partial charge in [0.1, 0.15) is 0 Å². The van der Waals surface area contributed by atoms with Gasteiger partial charge in [-0.15, -0.1) is 0 Å². The van der Waals surface area contributed by atoms with Crippen LogP contribution in [-0.2, 0) is 12.6 Å². The number of halogens is 3. The van der Waals surface area contributed by atoms with Gasteiger partial charge in [0.25, 0.3) is 0 Å². The normalized spacial score (nSPS) is 12.5. The Hall–Kier alpha value is -2.08. The predicted molar refractivity (Wildman–Crippen MR) is 99.7 cm³/mol. The molecule has 0 aliphatic heterocycles. The van der Waals surface area contributed by atoms with Gasteiger partial charge in [0.05, 0.1) is 5.56 Å². The van der Waals surface area contributed by atoms with Crippen LogP contribution in [0.15, 0.2) is 42.5 Å². The summed E-state index contributed by atoms with van der Waals surface area (Å²) in [5, 5.41) is 6.02. The number of nitrogens with one attached hydrogen (secondary N) is 2. The SMILES string of the molecule is CCC(C)Cc1cc(NC(=S)Nc2cc[c]cc2)cc(C(F)(F)F)c1. The number of rotatable bonds is 5. The van der Waals surface area contributed by atoms with Crippen LogP contribution in [0, 0.1) is 12.0 Å². The monoisotopic (exact) mass is 365 g/mol. The molecule has 0 saturated heterocycles. The molecule has 2 rings (SSSR count). The molecule has 0 fully saturated rings. The van der Waals surface area contributed by atoms with Crippen LogP contribution in [0.1, 0.15) is 31.4 Å². The van der Waals surface area contributed by atoms with E-state index < -0.39 is 11.7 Å². The second-order valence-corrected chi connectivity index (χ2v) is 6.41. The molecular formula is C19H20F3N2S. The van der Waals surface area contributed by atoms with Gasteiger partial charge in [-0.2, -0.15) is 13.2 Å². The summed E-state index contributed by atoms with van der Waals surface area (Å²) in [5.41, 5.74) is 1.04. The molecule has 2 aromatic rings. The van der Waals surface area contributed by atoms with Gasteiger partial charge >= 0.3 is 6.18 Å². The molecule has 1 atom stereocenters. The molecule has 2 N–H and O–H groups in total. The van der Waals surface area contributed by atoms with Crippen molar-refractivity contribution in [2.24, 2.45) is 5.92 Å². The zero-order valence-electron chi connectivity index (χ0n) is 14.1. The third-order valence-electron chi connectivity index (χ3n) is 3.84. The van der Waals surface area contributed by atoms with Crippen LogP contribution >= 0.6 is 12.2 Å². The highest BCUT2D eigenvalue weighted by molar-refractivity contribution is 7.80. The van der Waals surface area contributed by atoms with Crippen molar-refractivity contribution in [2.75, 3.05) is 10.6 Å². The van der Waals surface area contributed by atoms with Crippen molar-refractivity contribution in [3.8, 4) is 0 Å². The van der Waals surface area contributed by atoms with Gasteiger partial charge in [-0.05, 0) is 66.5 Å². The minimum Gasteiger partial charge on any atom is -0.332 e. The van der Waals surface area contributed by atoms with E-state index in [9.17, 15) is 13.2 Å². The lowest BCUT2D eigenvalue weighted by atomic mass is 9.97. The van der Waals surface area contributed by atoms with E-state index in [-0.39, 0.29) is 5.11 Å². The summed E-state index contributed by atoms with van der Waals surface area (Å²) in [6, 6.07) is 13.9. The fourth-order valence-corrected chi connectivity index (χ4v) is 2.59. The standard InChI is InChI=1S/C19H20F3N2S/c1-3-13(2)9-14-10-15(19(20,21)22)12-17(11-14)24-18(25)23-16-7-5-4-6-8-16/h5-8,10-13H,3,9H2,1-2H3,(H2,23,24,25). The maximum absolute atomic E-state index is 13.2. The van der Waals surface area contributed by atoms with Crippen LogP contribution in [0.5, 0.6) is 0 Å². The average Bonchev–Trinajstić information content (AvgIpc) is 2.54. The second kappa shape index (κ2) is 8.34. The second-order valence-electron chi connectivity index (χ2n) is 6.00. The molecule has 0 spiro atoms. The lowest BCUT2D eigenvalue weighted by molar-refractivity contribution is -0.137. The van der Waals surface area contributed by atoms with E-state index in [1.54, 1.807) is 30.3 Å². The highest BCUT2D eigenvalue weighted by atomic mass is 32.1.